The van der Waals surface area contributed by atoms with E-state index in [0.29, 0.717) is 19.6 Å². The van der Waals surface area contributed by atoms with Gasteiger partial charge in [0.25, 0.3) is 5.69 Å². The Morgan fingerprint density at radius 1 is 1.50 bits per heavy atom. The fourth-order valence-electron chi connectivity index (χ4n) is 2.63. The van der Waals surface area contributed by atoms with Gasteiger partial charge in [0.05, 0.1) is 11.2 Å². The van der Waals surface area contributed by atoms with Crippen LogP contribution in [0.4, 0.5) is 5.69 Å². The van der Waals surface area contributed by atoms with Crippen LogP contribution < -0.4 is 5.32 Å². The van der Waals surface area contributed by atoms with E-state index in [2.05, 4.69) is 5.32 Å². The van der Waals surface area contributed by atoms with Crippen LogP contribution in [0.3, 0.4) is 0 Å². The quantitative estimate of drug-likeness (QED) is 0.632. The second kappa shape index (κ2) is 6.72. The summed E-state index contributed by atoms with van der Waals surface area (Å²) in [5.41, 5.74) is 0.933. The van der Waals surface area contributed by atoms with Gasteiger partial charge in [0.2, 0.25) is 10.0 Å². The van der Waals surface area contributed by atoms with E-state index in [0.717, 1.165) is 12.0 Å². The van der Waals surface area contributed by atoms with Crippen LogP contribution in [0.1, 0.15) is 24.9 Å². The molecular formula is C14H21N3O4S. The van der Waals surface area contributed by atoms with Crippen LogP contribution in [-0.4, -0.2) is 43.5 Å². The van der Waals surface area contributed by atoms with Gasteiger partial charge in [-0.15, -0.1) is 0 Å². The Balaban J connectivity index is 1.90. The van der Waals surface area contributed by atoms with E-state index in [1.165, 1.54) is 16.6 Å². The van der Waals surface area contributed by atoms with Crippen molar-refractivity contribution in [3.63, 3.8) is 0 Å². The van der Waals surface area contributed by atoms with Gasteiger partial charge in [-0.25, -0.2) is 12.7 Å². The Bertz CT molecular complexity index is 647. The van der Waals surface area contributed by atoms with E-state index >= 15 is 0 Å². The van der Waals surface area contributed by atoms with E-state index in [1.807, 2.05) is 13.0 Å². The Hall–Kier alpha value is -1.51. The predicted octanol–water partition coefficient (Wildman–Crippen LogP) is 1.53. The van der Waals surface area contributed by atoms with E-state index in [4.69, 9.17) is 0 Å². The van der Waals surface area contributed by atoms with Crippen molar-refractivity contribution in [1.82, 2.24) is 9.62 Å². The first-order valence-corrected chi connectivity index (χ1v) is 9.05. The molecule has 0 aliphatic carbocycles. The highest BCUT2D eigenvalue weighted by Crippen LogP contribution is 2.21. The molecular weight excluding hydrogens is 306 g/mol. The fourth-order valence-corrected chi connectivity index (χ4v) is 3.55. The lowest BCUT2D eigenvalue weighted by Crippen LogP contribution is -2.31. The number of nitro benzene ring substituents is 1. The Kier molecular flexibility index (Phi) is 5.15. The van der Waals surface area contributed by atoms with Crippen LogP contribution >= 0.6 is 0 Å². The normalized spacial score (nSPS) is 20.9. The molecule has 2 atom stereocenters. The number of rotatable bonds is 6. The highest BCUT2D eigenvalue weighted by molar-refractivity contribution is 7.88. The third kappa shape index (κ3) is 4.25. The highest BCUT2D eigenvalue weighted by Gasteiger charge is 2.28. The van der Waals surface area contributed by atoms with Gasteiger partial charge in [0, 0.05) is 31.3 Å². The first-order chi connectivity index (χ1) is 10.3. The average Bonchev–Trinajstić information content (AvgIpc) is 2.94. The average molecular weight is 327 g/mol. The first kappa shape index (κ1) is 16.9. The van der Waals surface area contributed by atoms with Gasteiger partial charge in [0.1, 0.15) is 0 Å². The molecule has 1 aliphatic heterocycles. The summed E-state index contributed by atoms with van der Waals surface area (Å²) in [5.74, 6) is 0.274. The molecule has 1 aliphatic rings. The highest BCUT2D eigenvalue weighted by atomic mass is 32.2. The maximum Gasteiger partial charge on any atom is 0.269 e. The smallest absolute Gasteiger partial charge is 0.269 e. The number of nitrogens with zero attached hydrogens (tertiary/aromatic N) is 2. The Morgan fingerprint density at radius 2 is 2.23 bits per heavy atom. The molecule has 0 unspecified atom stereocenters. The summed E-state index contributed by atoms with van der Waals surface area (Å²) in [6.07, 6.45) is 2.07. The van der Waals surface area contributed by atoms with Crippen molar-refractivity contribution in [2.45, 2.75) is 19.4 Å². The molecule has 1 fully saturated rings. The van der Waals surface area contributed by atoms with Crippen LogP contribution in [0.25, 0.3) is 0 Å². The molecule has 1 heterocycles. The minimum absolute atomic E-state index is 0.0211. The molecule has 0 saturated carbocycles. The molecule has 0 bridgehead atoms. The predicted molar refractivity (Wildman–Crippen MR) is 84.0 cm³/mol. The zero-order chi connectivity index (χ0) is 16.3. The van der Waals surface area contributed by atoms with E-state index in [1.54, 1.807) is 12.1 Å². The van der Waals surface area contributed by atoms with Crippen molar-refractivity contribution in [1.29, 1.82) is 0 Å². The number of hydrogen-bond acceptors (Lipinski definition) is 5. The van der Waals surface area contributed by atoms with E-state index in [-0.39, 0.29) is 17.6 Å². The summed E-state index contributed by atoms with van der Waals surface area (Å²) in [7, 11) is -3.11. The Labute approximate surface area is 130 Å². The van der Waals surface area contributed by atoms with Crippen molar-refractivity contribution in [2.24, 2.45) is 5.92 Å². The zero-order valence-electron chi connectivity index (χ0n) is 12.7. The molecule has 7 nitrogen and oxygen atoms in total. The maximum atomic E-state index is 11.5. The van der Waals surface area contributed by atoms with Gasteiger partial charge >= 0.3 is 0 Å². The zero-order valence-corrected chi connectivity index (χ0v) is 13.5. The lowest BCUT2D eigenvalue weighted by Gasteiger charge is -2.18. The lowest BCUT2D eigenvalue weighted by molar-refractivity contribution is -0.384. The van der Waals surface area contributed by atoms with E-state index in [9.17, 15) is 18.5 Å². The van der Waals surface area contributed by atoms with Crippen LogP contribution in [0, 0.1) is 16.0 Å². The summed E-state index contributed by atoms with van der Waals surface area (Å²) < 4.78 is 24.5. The largest absolute Gasteiger partial charge is 0.310 e. The summed E-state index contributed by atoms with van der Waals surface area (Å²) in [5, 5.41) is 14.1. The van der Waals surface area contributed by atoms with Gasteiger partial charge < -0.3 is 5.32 Å². The van der Waals surface area contributed by atoms with Crippen molar-refractivity contribution >= 4 is 15.7 Å². The van der Waals surface area contributed by atoms with Crippen molar-refractivity contribution < 1.29 is 13.3 Å². The summed E-state index contributed by atoms with van der Waals surface area (Å²) in [4.78, 5) is 10.4. The van der Waals surface area contributed by atoms with Crippen molar-refractivity contribution in [3.8, 4) is 0 Å². The molecule has 122 valence electrons. The van der Waals surface area contributed by atoms with Crippen LogP contribution in [0.5, 0.6) is 0 Å². The minimum Gasteiger partial charge on any atom is -0.310 e. The molecule has 1 N–H and O–H groups in total. The van der Waals surface area contributed by atoms with Gasteiger partial charge in [-0.3, -0.25) is 10.1 Å². The number of nitrogens with one attached hydrogen (secondary N) is 1. The number of non-ortho nitro benzene ring substituents is 1. The second-order valence-electron chi connectivity index (χ2n) is 5.76. The molecule has 22 heavy (non-hydrogen) atoms. The molecule has 0 amide bonds. The standard InChI is InChI=1S/C14H21N3O4S/c1-11(13-4-3-5-14(8-13)17(18)19)15-9-12-6-7-16(10-12)22(2,20)21/h3-5,8,11-12,15H,6-7,9-10H2,1-2H3/t11-,12+/m1/s1. The number of hydrogen-bond donors (Lipinski definition) is 1. The third-order valence-corrected chi connectivity index (χ3v) is 5.28. The molecule has 1 saturated heterocycles. The summed E-state index contributed by atoms with van der Waals surface area (Å²) in [6.45, 7) is 3.74. The molecule has 8 heteroatoms. The molecule has 1 aromatic rings. The Morgan fingerprint density at radius 3 is 2.82 bits per heavy atom. The van der Waals surface area contributed by atoms with E-state index < -0.39 is 14.9 Å². The fraction of sp³-hybridized carbons (Fsp3) is 0.571. The van der Waals surface area contributed by atoms with Crippen molar-refractivity contribution in [2.75, 3.05) is 25.9 Å². The molecule has 0 aromatic heterocycles. The summed E-state index contributed by atoms with van der Waals surface area (Å²) in [6, 6.07) is 6.54. The summed E-state index contributed by atoms with van der Waals surface area (Å²) >= 11 is 0. The van der Waals surface area contributed by atoms with Crippen LogP contribution in [0.2, 0.25) is 0 Å². The van der Waals surface area contributed by atoms with Gasteiger partial charge in [-0.2, -0.15) is 0 Å². The molecule has 0 spiro atoms. The minimum atomic E-state index is -3.11. The van der Waals surface area contributed by atoms with Crippen LogP contribution in [0.15, 0.2) is 24.3 Å². The number of sulfonamides is 1. The lowest BCUT2D eigenvalue weighted by atomic mass is 10.1. The second-order valence-corrected chi connectivity index (χ2v) is 7.74. The number of benzene rings is 1. The van der Waals surface area contributed by atoms with Crippen molar-refractivity contribution in [3.05, 3.63) is 39.9 Å². The monoisotopic (exact) mass is 327 g/mol. The first-order valence-electron chi connectivity index (χ1n) is 7.20. The van der Waals surface area contributed by atoms with Crippen LogP contribution in [-0.2, 0) is 10.0 Å². The van der Waals surface area contributed by atoms with Gasteiger partial charge in [-0.1, -0.05) is 12.1 Å². The SMILES string of the molecule is C[C@@H](NC[C@@H]1CCN(S(C)(=O)=O)C1)c1cccc([N+](=O)[O-])c1. The molecule has 0 radical (unpaired) electrons. The number of nitro groups is 1. The van der Waals surface area contributed by atoms with Gasteiger partial charge in [-0.05, 0) is 31.4 Å². The molecule has 1 aromatic carbocycles. The van der Waals surface area contributed by atoms with Gasteiger partial charge in [0.15, 0.2) is 0 Å². The maximum absolute atomic E-state index is 11.5. The third-order valence-electron chi connectivity index (χ3n) is 4.01. The molecule has 2 rings (SSSR count). The topological polar surface area (TPSA) is 92.6 Å².